The molecule has 0 fully saturated rings. The fraction of sp³-hybridized carbons (Fsp3) is 0.571. The van der Waals surface area contributed by atoms with Gasteiger partial charge in [-0.3, -0.25) is 0 Å². The first kappa shape index (κ1) is 23.6. The van der Waals surface area contributed by atoms with Crippen molar-refractivity contribution in [3.63, 3.8) is 0 Å². The van der Waals surface area contributed by atoms with Crippen LogP contribution in [-0.2, 0) is 10.8 Å². The molecule has 0 saturated carbocycles. The Bertz CT molecular complexity index is 423. The first-order valence-electron chi connectivity index (χ1n) is 5.99. The van der Waals surface area contributed by atoms with Gasteiger partial charge in [0.1, 0.15) is 5.75 Å². The Morgan fingerprint density at radius 1 is 0.900 bits per heavy atom. The Balaban J connectivity index is 0. The first-order valence-corrected chi connectivity index (χ1v) is 7.09. The van der Waals surface area contributed by atoms with E-state index in [1.807, 2.05) is 32.9 Å². The van der Waals surface area contributed by atoms with E-state index >= 15 is 0 Å². The van der Waals surface area contributed by atoms with Gasteiger partial charge in [-0.05, 0) is 28.0 Å². The molecule has 0 N–H and O–H groups in total. The summed E-state index contributed by atoms with van der Waals surface area (Å²) in [6, 6.07) is 5.70. The molecule has 0 unspecified atom stereocenters. The summed E-state index contributed by atoms with van der Waals surface area (Å²) in [4.78, 5) is 21.5. The minimum atomic E-state index is -2.88. The van der Waals surface area contributed by atoms with Gasteiger partial charge >= 0.3 is 59.1 Å². The van der Waals surface area contributed by atoms with E-state index in [-0.39, 0.29) is 69.9 Å². The Labute approximate surface area is 168 Å². The summed E-state index contributed by atoms with van der Waals surface area (Å²) in [5.41, 5.74) is 1.94. The van der Waals surface area contributed by atoms with Crippen LogP contribution in [0.5, 0.6) is 5.75 Å². The fourth-order valence-corrected chi connectivity index (χ4v) is 2.06. The van der Waals surface area contributed by atoms with Gasteiger partial charge in [-0.1, -0.05) is 62.3 Å². The van der Waals surface area contributed by atoms with Crippen molar-refractivity contribution in [1.82, 2.24) is 0 Å². The second kappa shape index (κ2) is 8.86. The third-order valence-electron chi connectivity index (χ3n) is 2.83. The number of hydrogen-bond acceptors (Lipinski definition) is 3. The molecule has 0 radical (unpaired) electrons. The van der Waals surface area contributed by atoms with E-state index in [9.17, 15) is 9.79 Å². The van der Waals surface area contributed by atoms with Crippen molar-refractivity contribution >= 4 is 8.60 Å². The van der Waals surface area contributed by atoms with E-state index in [4.69, 9.17) is 4.52 Å². The standard InChI is InChI=1S/C14H21O3P.2Na/c1-13(2,3)10-7-8-12(17-18(15)16)11(9-10)14(4,5)6;;/h7-9H,1-6H3;;/q-2;2*+1. The molecule has 0 heterocycles. The van der Waals surface area contributed by atoms with Crippen molar-refractivity contribution in [2.75, 3.05) is 0 Å². The van der Waals surface area contributed by atoms with Gasteiger partial charge in [0.05, 0.1) is 0 Å². The van der Waals surface area contributed by atoms with E-state index in [1.54, 1.807) is 6.07 Å². The molecule has 1 aromatic carbocycles. The summed E-state index contributed by atoms with van der Waals surface area (Å²) >= 11 is 0. The minimum Gasteiger partial charge on any atom is -0.810 e. The van der Waals surface area contributed by atoms with Crippen LogP contribution in [-0.4, -0.2) is 0 Å². The van der Waals surface area contributed by atoms with Crippen LogP contribution in [0.25, 0.3) is 0 Å². The van der Waals surface area contributed by atoms with Crippen LogP contribution in [0.1, 0.15) is 52.7 Å². The average Bonchev–Trinajstić information content (AvgIpc) is 2.13. The zero-order chi connectivity index (χ0) is 14.1. The van der Waals surface area contributed by atoms with Crippen molar-refractivity contribution in [3.05, 3.63) is 29.3 Å². The van der Waals surface area contributed by atoms with E-state index in [1.165, 1.54) is 5.56 Å². The summed E-state index contributed by atoms with van der Waals surface area (Å²) in [5.74, 6) is 0.423. The summed E-state index contributed by atoms with van der Waals surface area (Å²) in [6.07, 6.45) is 0. The van der Waals surface area contributed by atoms with Crippen LogP contribution in [0.2, 0.25) is 0 Å². The Kier molecular flexibility index (Phi) is 10.5. The van der Waals surface area contributed by atoms with Crippen LogP contribution >= 0.6 is 8.60 Å². The van der Waals surface area contributed by atoms with Gasteiger partial charge < -0.3 is 14.3 Å². The van der Waals surface area contributed by atoms with E-state index in [0.717, 1.165) is 5.56 Å². The van der Waals surface area contributed by atoms with Crippen molar-refractivity contribution in [2.45, 2.75) is 52.4 Å². The molecular formula is C14H21Na2O3P. The zero-order valence-corrected chi connectivity index (χ0v) is 18.8. The van der Waals surface area contributed by atoms with Crippen molar-refractivity contribution in [2.24, 2.45) is 0 Å². The van der Waals surface area contributed by atoms with Crippen LogP contribution in [0, 0.1) is 0 Å². The van der Waals surface area contributed by atoms with E-state index in [2.05, 4.69) is 20.8 Å². The Morgan fingerprint density at radius 3 is 1.75 bits per heavy atom. The molecule has 0 aliphatic heterocycles. The second-order valence-electron chi connectivity index (χ2n) is 6.53. The fourth-order valence-electron chi connectivity index (χ4n) is 1.74. The molecule has 3 nitrogen and oxygen atoms in total. The van der Waals surface area contributed by atoms with Gasteiger partial charge in [-0.15, -0.1) is 0 Å². The smallest absolute Gasteiger partial charge is 0.810 e. The first-order chi connectivity index (χ1) is 8.01. The molecule has 1 aromatic rings. The molecule has 0 aliphatic carbocycles. The van der Waals surface area contributed by atoms with Crippen molar-refractivity contribution in [1.29, 1.82) is 0 Å². The van der Waals surface area contributed by atoms with Gasteiger partial charge in [0.25, 0.3) is 0 Å². The van der Waals surface area contributed by atoms with E-state index in [0.29, 0.717) is 5.75 Å². The maximum atomic E-state index is 10.7. The maximum Gasteiger partial charge on any atom is 1.00 e. The van der Waals surface area contributed by atoms with Crippen LogP contribution in [0.15, 0.2) is 18.2 Å². The van der Waals surface area contributed by atoms with Crippen LogP contribution in [0.4, 0.5) is 0 Å². The molecule has 0 atom stereocenters. The molecule has 0 aliphatic rings. The zero-order valence-electron chi connectivity index (χ0n) is 13.9. The monoisotopic (exact) mass is 314 g/mol. The molecule has 1 rings (SSSR count). The topological polar surface area (TPSA) is 55.3 Å². The Hall–Kier alpha value is 1.37. The Morgan fingerprint density at radius 2 is 1.40 bits per heavy atom. The van der Waals surface area contributed by atoms with Gasteiger partial charge in [0, 0.05) is 0 Å². The molecule has 0 saturated heterocycles. The van der Waals surface area contributed by atoms with Crippen LogP contribution < -0.4 is 73.4 Å². The second-order valence-corrected chi connectivity index (χ2v) is 7.16. The SMILES string of the molecule is CC(C)(C)c1ccc(OP([O-])[O-])c(C(C)(C)C)c1.[Na+].[Na+]. The van der Waals surface area contributed by atoms with Crippen LogP contribution in [0.3, 0.4) is 0 Å². The maximum absolute atomic E-state index is 10.7. The van der Waals surface area contributed by atoms with Gasteiger partial charge in [-0.2, -0.15) is 0 Å². The van der Waals surface area contributed by atoms with Crippen molar-refractivity contribution in [3.8, 4) is 5.75 Å². The number of rotatable bonds is 2. The molecule has 0 bridgehead atoms. The normalized spacial score (nSPS) is 11.7. The average molecular weight is 314 g/mol. The third kappa shape index (κ3) is 7.09. The minimum absolute atomic E-state index is 0. The summed E-state index contributed by atoms with van der Waals surface area (Å²) in [7, 11) is -2.88. The molecule has 0 spiro atoms. The molecule has 20 heavy (non-hydrogen) atoms. The molecule has 0 amide bonds. The van der Waals surface area contributed by atoms with Gasteiger partial charge in [0.15, 0.2) is 0 Å². The summed E-state index contributed by atoms with van der Waals surface area (Å²) < 4.78 is 4.89. The van der Waals surface area contributed by atoms with Crippen molar-refractivity contribution < 1.29 is 73.4 Å². The molecule has 102 valence electrons. The van der Waals surface area contributed by atoms with Gasteiger partial charge in [0.2, 0.25) is 0 Å². The predicted molar refractivity (Wildman–Crippen MR) is 71.4 cm³/mol. The third-order valence-corrected chi connectivity index (χ3v) is 3.17. The number of hydrogen-bond donors (Lipinski definition) is 0. The molecule has 0 aromatic heterocycles. The molecule has 6 heteroatoms. The molecular weight excluding hydrogens is 293 g/mol. The predicted octanol–water partition coefficient (Wildman–Crippen LogP) is -3.38. The quantitative estimate of drug-likeness (QED) is 0.423. The van der Waals surface area contributed by atoms with Gasteiger partial charge in [-0.25, -0.2) is 0 Å². The summed E-state index contributed by atoms with van der Waals surface area (Å²) in [5, 5.41) is 0. The largest absolute Gasteiger partial charge is 1.00 e. The number of benzene rings is 1. The summed E-state index contributed by atoms with van der Waals surface area (Å²) in [6.45, 7) is 12.5. The van der Waals surface area contributed by atoms with E-state index < -0.39 is 8.60 Å².